The molecule has 0 spiro atoms. The Bertz CT molecular complexity index is 228. The monoisotopic (exact) mass is 227 g/mol. The van der Waals surface area contributed by atoms with E-state index in [4.69, 9.17) is 4.74 Å². The van der Waals surface area contributed by atoms with Crippen molar-refractivity contribution in [2.24, 2.45) is 17.8 Å². The maximum atomic E-state index is 11.5. The maximum absolute atomic E-state index is 11.5. The Morgan fingerprint density at radius 2 is 2.12 bits per heavy atom. The van der Waals surface area contributed by atoms with Crippen molar-refractivity contribution >= 4 is 6.09 Å². The van der Waals surface area contributed by atoms with E-state index in [1.165, 1.54) is 12.8 Å². The van der Waals surface area contributed by atoms with Gasteiger partial charge in [-0.3, -0.25) is 0 Å². The number of hydrogen-bond acceptors (Lipinski definition) is 2. The van der Waals surface area contributed by atoms with Crippen LogP contribution in [0, 0.1) is 17.8 Å². The lowest BCUT2D eigenvalue weighted by molar-refractivity contribution is 0.00643. The molecule has 0 aromatic heterocycles. The van der Waals surface area contributed by atoms with Crippen LogP contribution in [0.5, 0.6) is 0 Å². The van der Waals surface area contributed by atoms with Crippen LogP contribution in [-0.4, -0.2) is 18.7 Å². The van der Waals surface area contributed by atoms with Gasteiger partial charge in [-0.15, -0.1) is 0 Å². The van der Waals surface area contributed by atoms with Crippen LogP contribution in [0.2, 0.25) is 0 Å². The zero-order valence-corrected chi connectivity index (χ0v) is 11.0. The predicted molar refractivity (Wildman–Crippen MR) is 65.3 cm³/mol. The van der Waals surface area contributed by atoms with Crippen molar-refractivity contribution in [3.05, 3.63) is 0 Å². The maximum Gasteiger partial charge on any atom is 0.407 e. The van der Waals surface area contributed by atoms with Gasteiger partial charge in [-0.25, -0.2) is 4.79 Å². The third-order valence-corrected chi connectivity index (χ3v) is 3.54. The lowest BCUT2D eigenvalue weighted by atomic mass is 9.75. The normalized spacial score (nSPS) is 30.2. The highest BCUT2D eigenvalue weighted by Crippen LogP contribution is 2.35. The first-order chi connectivity index (χ1) is 7.54. The molecule has 0 saturated heterocycles. The van der Waals surface area contributed by atoms with Crippen LogP contribution in [0.4, 0.5) is 4.79 Å². The second kappa shape index (κ2) is 6.12. The molecule has 0 aliphatic heterocycles. The molecule has 3 atom stereocenters. The summed E-state index contributed by atoms with van der Waals surface area (Å²) in [6.07, 6.45) is 3.31. The summed E-state index contributed by atoms with van der Waals surface area (Å²) < 4.78 is 5.53. The number of carbonyl (C=O) groups is 1. The Kier molecular flexibility index (Phi) is 5.10. The molecule has 1 aliphatic carbocycles. The van der Waals surface area contributed by atoms with Gasteiger partial charge in [-0.1, -0.05) is 27.2 Å². The second-order valence-corrected chi connectivity index (χ2v) is 5.30. The van der Waals surface area contributed by atoms with Crippen LogP contribution >= 0.6 is 0 Å². The first-order valence-corrected chi connectivity index (χ1v) is 6.49. The number of ether oxygens (including phenoxy) is 1. The molecule has 1 amide bonds. The number of hydrogen-bond donors (Lipinski definition) is 1. The number of amides is 1. The second-order valence-electron chi connectivity index (χ2n) is 5.30. The van der Waals surface area contributed by atoms with Gasteiger partial charge in [0.15, 0.2) is 0 Å². The van der Waals surface area contributed by atoms with Crippen LogP contribution in [0.25, 0.3) is 0 Å². The first-order valence-electron chi connectivity index (χ1n) is 6.49. The van der Waals surface area contributed by atoms with E-state index in [9.17, 15) is 4.79 Å². The van der Waals surface area contributed by atoms with Crippen molar-refractivity contribution in [2.75, 3.05) is 6.54 Å². The fraction of sp³-hybridized carbons (Fsp3) is 0.923. The molecule has 1 fully saturated rings. The molecular weight excluding hydrogens is 202 g/mol. The minimum absolute atomic E-state index is 0.107. The van der Waals surface area contributed by atoms with Crippen molar-refractivity contribution in [1.82, 2.24) is 5.32 Å². The third-order valence-electron chi connectivity index (χ3n) is 3.54. The minimum atomic E-state index is -0.257. The summed E-state index contributed by atoms with van der Waals surface area (Å²) in [5.74, 6) is 1.79. The van der Waals surface area contributed by atoms with E-state index >= 15 is 0 Å². The zero-order chi connectivity index (χ0) is 12.1. The molecule has 16 heavy (non-hydrogen) atoms. The summed E-state index contributed by atoms with van der Waals surface area (Å²) in [5, 5.41) is 2.71. The molecule has 3 heteroatoms. The van der Waals surface area contributed by atoms with E-state index in [0.29, 0.717) is 24.3 Å². The van der Waals surface area contributed by atoms with Crippen LogP contribution in [0.1, 0.15) is 47.0 Å². The number of nitrogens with one attached hydrogen (secondary N) is 1. The van der Waals surface area contributed by atoms with E-state index in [1.807, 2.05) is 6.92 Å². The quantitative estimate of drug-likeness (QED) is 0.804. The molecule has 0 aromatic carbocycles. The van der Waals surface area contributed by atoms with Gasteiger partial charge in [-0.2, -0.15) is 0 Å². The summed E-state index contributed by atoms with van der Waals surface area (Å²) in [6, 6.07) is 0. The Balaban J connectivity index is 2.54. The molecule has 1 rings (SSSR count). The molecular formula is C13H25NO2. The lowest BCUT2D eigenvalue weighted by Crippen LogP contribution is -2.38. The fourth-order valence-electron chi connectivity index (χ4n) is 2.57. The van der Waals surface area contributed by atoms with Crippen LogP contribution < -0.4 is 5.32 Å². The zero-order valence-electron chi connectivity index (χ0n) is 11.0. The highest BCUT2D eigenvalue weighted by molar-refractivity contribution is 5.67. The molecule has 1 saturated carbocycles. The van der Waals surface area contributed by atoms with Crippen molar-refractivity contribution in [1.29, 1.82) is 0 Å². The highest BCUT2D eigenvalue weighted by atomic mass is 16.6. The third kappa shape index (κ3) is 3.69. The summed E-state index contributed by atoms with van der Waals surface area (Å²) in [4.78, 5) is 11.5. The van der Waals surface area contributed by atoms with Crippen molar-refractivity contribution in [3.8, 4) is 0 Å². The van der Waals surface area contributed by atoms with E-state index in [-0.39, 0.29) is 12.2 Å². The lowest BCUT2D eigenvalue weighted by Gasteiger charge is -2.36. The van der Waals surface area contributed by atoms with Crippen molar-refractivity contribution < 1.29 is 9.53 Å². The topological polar surface area (TPSA) is 38.3 Å². The molecule has 0 bridgehead atoms. The summed E-state index contributed by atoms with van der Waals surface area (Å²) >= 11 is 0. The van der Waals surface area contributed by atoms with E-state index in [1.54, 1.807) is 0 Å². The molecule has 94 valence electrons. The Labute approximate surface area is 98.9 Å². The van der Waals surface area contributed by atoms with Gasteiger partial charge in [-0.05, 0) is 37.5 Å². The van der Waals surface area contributed by atoms with Crippen LogP contribution in [0.3, 0.4) is 0 Å². The average molecular weight is 227 g/mol. The summed E-state index contributed by atoms with van der Waals surface area (Å²) in [5.41, 5.74) is 0. The molecule has 3 nitrogen and oxygen atoms in total. The average Bonchev–Trinajstić information content (AvgIpc) is 2.17. The van der Waals surface area contributed by atoms with Crippen molar-refractivity contribution in [2.45, 2.75) is 53.1 Å². The van der Waals surface area contributed by atoms with E-state index in [2.05, 4.69) is 26.1 Å². The molecule has 0 radical (unpaired) electrons. The van der Waals surface area contributed by atoms with Gasteiger partial charge in [0.2, 0.25) is 0 Å². The number of alkyl carbamates (subject to hydrolysis) is 1. The Morgan fingerprint density at radius 3 is 2.69 bits per heavy atom. The predicted octanol–water partition coefficient (Wildman–Crippen LogP) is 3.19. The molecule has 0 heterocycles. The van der Waals surface area contributed by atoms with Gasteiger partial charge in [0, 0.05) is 6.54 Å². The van der Waals surface area contributed by atoms with E-state index < -0.39 is 0 Å². The van der Waals surface area contributed by atoms with Gasteiger partial charge in [0.25, 0.3) is 0 Å². The molecule has 1 N–H and O–H groups in total. The molecule has 0 unspecified atom stereocenters. The van der Waals surface area contributed by atoms with Crippen LogP contribution in [0.15, 0.2) is 0 Å². The van der Waals surface area contributed by atoms with Gasteiger partial charge >= 0.3 is 6.09 Å². The first kappa shape index (κ1) is 13.3. The number of carbonyl (C=O) groups excluding carboxylic acids is 1. The highest BCUT2D eigenvalue weighted by Gasteiger charge is 2.33. The number of rotatable bonds is 3. The molecule has 1 aliphatic rings. The fourth-order valence-corrected chi connectivity index (χ4v) is 2.57. The summed E-state index contributed by atoms with van der Waals surface area (Å²) in [6.45, 7) is 9.21. The van der Waals surface area contributed by atoms with Gasteiger partial charge in [0.1, 0.15) is 6.10 Å². The van der Waals surface area contributed by atoms with Gasteiger partial charge < -0.3 is 10.1 Å². The van der Waals surface area contributed by atoms with Crippen molar-refractivity contribution in [3.63, 3.8) is 0 Å². The standard InChI is InChI=1S/C13H25NO2/c1-5-14-13(15)16-12-8-10(4)6-7-11(12)9(2)3/h9-12H,5-8H2,1-4H3,(H,14,15)/t10-,11+,12+/m1/s1. The minimum Gasteiger partial charge on any atom is -0.446 e. The smallest absolute Gasteiger partial charge is 0.407 e. The Hall–Kier alpha value is -0.730. The largest absolute Gasteiger partial charge is 0.446 e. The molecule has 0 aromatic rings. The Morgan fingerprint density at radius 1 is 1.44 bits per heavy atom. The van der Waals surface area contributed by atoms with Crippen LogP contribution in [-0.2, 0) is 4.74 Å². The van der Waals surface area contributed by atoms with Gasteiger partial charge in [0.05, 0.1) is 0 Å². The SMILES string of the molecule is CCNC(=O)O[C@H]1C[C@H](C)CC[C@H]1C(C)C. The summed E-state index contributed by atoms with van der Waals surface area (Å²) in [7, 11) is 0. The van der Waals surface area contributed by atoms with E-state index in [0.717, 1.165) is 6.42 Å².